The molecule has 1 N–H and O–H groups in total. The molecule has 0 saturated carbocycles. The lowest BCUT2D eigenvalue weighted by molar-refractivity contribution is -0.123. The number of hydrogen-bond donors (Lipinski definition) is 1. The van der Waals surface area contributed by atoms with Gasteiger partial charge >= 0.3 is 0 Å². The fourth-order valence-electron chi connectivity index (χ4n) is 2.86. The molecule has 2 aromatic rings. The number of anilines is 1. The Morgan fingerprint density at radius 2 is 1.92 bits per heavy atom. The molecule has 0 radical (unpaired) electrons. The molecule has 0 aliphatic carbocycles. The van der Waals surface area contributed by atoms with Crippen LogP contribution in [0.25, 0.3) is 0 Å². The van der Waals surface area contributed by atoms with Crippen molar-refractivity contribution in [3.05, 3.63) is 46.7 Å². The third-order valence-corrected chi connectivity index (χ3v) is 4.44. The van der Waals surface area contributed by atoms with E-state index in [0.717, 1.165) is 30.4 Å². The van der Waals surface area contributed by atoms with Crippen molar-refractivity contribution in [2.75, 3.05) is 24.6 Å². The second-order valence-corrected chi connectivity index (χ2v) is 6.80. The molecule has 7 heteroatoms. The number of aromatic nitrogens is 2. The summed E-state index contributed by atoms with van der Waals surface area (Å²) in [5.74, 6) is 1.16. The van der Waals surface area contributed by atoms with E-state index >= 15 is 0 Å². The molecule has 1 aliphatic rings. The van der Waals surface area contributed by atoms with Crippen LogP contribution < -0.4 is 15.0 Å². The van der Waals surface area contributed by atoms with Crippen molar-refractivity contribution >= 4 is 23.5 Å². The van der Waals surface area contributed by atoms with Crippen LogP contribution in [0.1, 0.15) is 30.7 Å². The van der Waals surface area contributed by atoms with E-state index in [-0.39, 0.29) is 12.5 Å². The topological polar surface area (TPSA) is 67.3 Å². The van der Waals surface area contributed by atoms with E-state index in [2.05, 4.69) is 20.2 Å². The van der Waals surface area contributed by atoms with Gasteiger partial charge in [0.25, 0.3) is 5.91 Å². The van der Waals surface area contributed by atoms with Crippen LogP contribution in [0.3, 0.4) is 0 Å². The smallest absolute Gasteiger partial charge is 0.258 e. The Bertz CT molecular complexity index is 746. The number of carbonyl (C=O) groups is 1. The highest BCUT2D eigenvalue weighted by Crippen LogP contribution is 2.17. The quantitative estimate of drug-likeness (QED) is 0.841. The van der Waals surface area contributed by atoms with Gasteiger partial charge in [-0.05, 0) is 56.5 Å². The molecule has 6 nitrogen and oxygen atoms in total. The summed E-state index contributed by atoms with van der Waals surface area (Å²) in [5, 5.41) is 3.47. The Balaban J connectivity index is 1.52. The normalized spacial score (nSPS) is 14.2. The average Bonchev–Trinajstić information content (AvgIpc) is 2.66. The number of hydrogen-bond acceptors (Lipinski definition) is 5. The van der Waals surface area contributed by atoms with Crippen LogP contribution in [0, 0.1) is 6.92 Å². The van der Waals surface area contributed by atoms with Crippen LogP contribution in [0.2, 0.25) is 5.02 Å². The van der Waals surface area contributed by atoms with Gasteiger partial charge in [0.05, 0.1) is 12.2 Å². The van der Waals surface area contributed by atoms with Crippen molar-refractivity contribution in [1.29, 1.82) is 0 Å². The molecular formula is C19H23ClN4O2. The molecule has 0 unspecified atom stereocenters. The third kappa shape index (κ3) is 5.33. The first-order valence-electron chi connectivity index (χ1n) is 8.85. The predicted octanol–water partition coefficient (Wildman–Crippen LogP) is 3.12. The SMILES string of the molecule is Cc1cc(CNC(=O)COc2ccc(Cl)cc2)nc(N2CCCCC2)n1. The Morgan fingerprint density at radius 1 is 1.19 bits per heavy atom. The largest absolute Gasteiger partial charge is 0.484 e. The minimum atomic E-state index is -0.198. The Kier molecular flexibility index (Phi) is 6.28. The van der Waals surface area contributed by atoms with Crippen LogP contribution in [0.15, 0.2) is 30.3 Å². The standard InChI is InChI=1S/C19H23ClN4O2/c1-14-11-16(23-19(22-14)24-9-3-2-4-10-24)12-21-18(25)13-26-17-7-5-15(20)6-8-17/h5-8,11H,2-4,9-10,12-13H2,1H3,(H,21,25). The van der Waals surface area contributed by atoms with Crippen molar-refractivity contribution < 1.29 is 9.53 Å². The van der Waals surface area contributed by atoms with E-state index in [1.165, 1.54) is 19.3 Å². The van der Waals surface area contributed by atoms with Gasteiger partial charge in [0, 0.05) is 23.8 Å². The number of nitrogens with zero attached hydrogens (tertiary/aromatic N) is 3. The van der Waals surface area contributed by atoms with Gasteiger partial charge < -0.3 is 15.0 Å². The van der Waals surface area contributed by atoms with Gasteiger partial charge in [0.15, 0.2) is 6.61 Å². The first-order valence-corrected chi connectivity index (χ1v) is 9.22. The summed E-state index contributed by atoms with van der Waals surface area (Å²) < 4.78 is 5.44. The van der Waals surface area contributed by atoms with E-state index in [4.69, 9.17) is 16.3 Å². The fourth-order valence-corrected chi connectivity index (χ4v) is 2.99. The maximum atomic E-state index is 12.0. The second kappa shape index (κ2) is 8.85. The minimum absolute atomic E-state index is 0.0509. The van der Waals surface area contributed by atoms with Gasteiger partial charge in [-0.3, -0.25) is 4.79 Å². The summed E-state index contributed by atoms with van der Waals surface area (Å²) in [5.41, 5.74) is 1.71. The first kappa shape index (κ1) is 18.5. The summed E-state index contributed by atoms with van der Waals surface area (Å²) >= 11 is 5.82. The van der Waals surface area contributed by atoms with Crippen LogP contribution in [0.5, 0.6) is 5.75 Å². The molecule has 0 spiro atoms. The lowest BCUT2D eigenvalue weighted by Crippen LogP contribution is -2.32. The van der Waals surface area contributed by atoms with Crippen LogP contribution in [-0.2, 0) is 11.3 Å². The van der Waals surface area contributed by atoms with E-state index in [1.54, 1.807) is 24.3 Å². The first-order chi connectivity index (χ1) is 12.6. The van der Waals surface area contributed by atoms with E-state index in [9.17, 15) is 4.79 Å². The van der Waals surface area contributed by atoms with Gasteiger partial charge in [0.2, 0.25) is 5.95 Å². The van der Waals surface area contributed by atoms with Crippen molar-refractivity contribution in [1.82, 2.24) is 15.3 Å². The number of carbonyl (C=O) groups excluding carboxylic acids is 1. The second-order valence-electron chi connectivity index (χ2n) is 6.37. The zero-order valence-electron chi connectivity index (χ0n) is 14.9. The summed E-state index contributed by atoms with van der Waals surface area (Å²) in [6.07, 6.45) is 3.61. The van der Waals surface area contributed by atoms with Crippen LogP contribution >= 0.6 is 11.6 Å². The van der Waals surface area contributed by atoms with Gasteiger partial charge in [-0.25, -0.2) is 9.97 Å². The average molecular weight is 375 g/mol. The van der Waals surface area contributed by atoms with Crippen molar-refractivity contribution in [3.63, 3.8) is 0 Å². The molecule has 1 aromatic heterocycles. The molecule has 2 heterocycles. The number of rotatable bonds is 6. The molecule has 26 heavy (non-hydrogen) atoms. The van der Waals surface area contributed by atoms with E-state index in [1.807, 2.05) is 13.0 Å². The minimum Gasteiger partial charge on any atom is -0.484 e. The van der Waals surface area contributed by atoms with Crippen molar-refractivity contribution in [2.24, 2.45) is 0 Å². The molecule has 1 saturated heterocycles. The summed E-state index contributed by atoms with van der Waals surface area (Å²) in [6.45, 7) is 4.23. The van der Waals surface area contributed by atoms with Gasteiger partial charge in [-0.2, -0.15) is 0 Å². The molecule has 1 aliphatic heterocycles. The molecule has 0 atom stereocenters. The lowest BCUT2D eigenvalue weighted by Gasteiger charge is -2.27. The summed E-state index contributed by atoms with van der Waals surface area (Å²) in [4.78, 5) is 23.4. The number of nitrogens with one attached hydrogen (secondary N) is 1. The molecular weight excluding hydrogens is 352 g/mol. The maximum absolute atomic E-state index is 12.0. The number of aryl methyl sites for hydroxylation is 1. The number of ether oxygens (including phenoxy) is 1. The molecule has 3 rings (SSSR count). The highest BCUT2D eigenvalue weighted by molar-refractivity contribution is 6.30. The zero-order valence-corrected chi connectivity index (χ0v) is 15.6. The number of amides is 1. The number of piperidine rings is 1. The number of benzene rings is 1. The molecule has 138 valence electrons. The fraction of sp³-hybridized carbons (Fsp3) is 0.421. The number of halogens is 1. The van der Waals surface area contributed by atoms with Crippen LogP contribution in [0.4, 0.5) is 5.95 Å². The monoisotopic (exact) mass is 374 g/mol. The van der Waals surface area contributed by atoms with Gasteiger partial charge in [0.1, 0.15) is 5.75 Å². The Morgan fingerprint density at radius 3 is 2.65 bits per heavy atom. The van der Waals surface area contributed by atoms with E-state index < -0.39 is 0 Å². The van der Waals surface area contributed by atoms with E-state index in [0.29, 0.717) is 17.3 Å². The molecule has 1 aromatic carbocycles. The maximum Gasteiger partial charge on any atom is 0.258 e. The van der Waals surface area contributed by atoms with Gasteiger partial charge in [-0.1, -0.05) is 11.6 Å². The highest BCUT2D eigenvalue weighted by atomic mass is 35.5. The highest BCUT2D eigenvalue weighted by Gasteiger charge is 2.15. The van der Waals surface area contributed by atoms with Crippen LogP contribution in [-0.4, -0.2) is 35.6 Å². The Labute approximate surface area is 158 Å². The molecule has 1 fully saturated rings. The van der Waals surface area contributed by atoms with Crippen molar-refractivity contribution in [3.8, 4) is 5.75 Å². The lowest BCUT2D eigenvalue weighted by atomic mass is 10.1. The Hall–Kier alpha value is -2.34. The van der Waals surface area contributed by atoms with Crippen molar-refractivity contribution in [2.45, 2.75) is 32.7 Å². The zero-order chi connectivity index (χ0) is 18.4. The molecule has 1 amide bonds. The van der Waals surface area contributed by atoms with Gasteiger partial charge in [-0.15, -0.1) is 0 Å². The summed E-state index contributed by atoms with van der Waals surface area (Å²) in [7, 11) is 0. The molecule has 0 bridgehead atoms. The predicted molar refractivity (Wildman–Crippen MR) is 102 cm³/mol. The summed E-state index contributed by atoms with van der Waals surface area (Å²) in [6, 6.07) is 8.80. The third-order valence-electron chi connectivity index (χ3n) is 4.18.